The lowest BCUT2D eigenvalue weighted by Crippen LogP contribution is -2.24. The summed E-state index contributed by atoms with van der Waals surface area (Å²) < 4.78 is 2.30. The number of para-hydroxylation sites is 1. The summed E-state index contributed by atoms with van der Waals surface area (Å²) in [7, 11) is 2.18. The van der Waals surface area contributed by atoms with E-state index in [4.69, 9.17) is 19.9 Å². The third-order valence-corrected chi connectivity index (χ3v) is 13.3. The molecule has 7 nitrogen and oxygen atoms in total. The number of anilines is 3. The molecule has 0 N–H and O–H groups in total. The minimum Gasteiger partial charge on any atom is -0.355 e. The summed E-state index contributed by atoms with van der Waals surface area (Å²) >= 11 is 0. The SMILES string of the molecule is Cc1cc2c(cc1C)N(c1cc(-c3nc(-c4ccc5c6ccccc6n(-c6cc(C(C)(C)C)ccn6)c5c4)nc(-c4c(C(C)(C)C)cccc4C(C)(C)C)n3)cc(C(C)(C)C)c1)CN2C. The van der Waals surface area contributed by atoms with Crippen molar-refractivity contribution >= 4 is 38.9 Å². The van der Waals surface area contributed by atoms with Crippen LogP contribution in [-0.4, -0.2) is 38.2 Å². The Hall–Kier alpha value is -6.34. The molecular formula is C58H65N7. The van der Waals surface area contributed by atoms with E-state index in [0.717, 1.165) is 51.3 Å². The number of pyridine rings is 1. The van der Waals surface area contributed by atoms with Crippen LogP contribution in [0.2, 0.25) is 0 Å². The van der Waals surface area contributed by atoms with Gasteiger partial charge in [-0.05, 0) is 123 Å². The van der Waals surface area contributed by atoms with Gasteiger partial charge in [0.05, 0.1) is 29.1 Å². The molecule has 0 unspecified atom stereocenters. The number of aromatic nitrogens is 5. The predicted molar refractivity (Wildman–Crippen MR) is 274 cm³/mol. The molecule has 3 aromatic heterocycles. The monoisotopic (exact) mass is 860 g/mol. The molecule has 0 amide bonds. The molecule has 0 spiro atoms. The highest BCUT2D eigenvalue weighted by atomic mass is 15.4. The molecule has 0 radical (unpaired) electrons. The molecule has 5 aromatic carbocycles. The minimum absolute atomic E-state index is 0.0369. The topological polar surface area (TPSA) is 63.0 Å². The molecule has 9 rings (SSSR count). The van der Waals surface area contributed by atoms with Gasteiger partial charge < -0.3 is 9.80 Å². The van der Waals surface area contributed by atoms with E-state index in [1.807, 2.05) is 6.20 Å². The molecule has 65 heavy (non-hydrogen) atoms. The van der Waals surface area contributed by atoms with Gasteiger partial charge in [-0.2, -0.15) is 0 Å². The first kappa shape index (κ1) is 43.9. The van der Waals surface area contributed by atoms with E-state index >= 15 is 0 Å². The fourth-order valence-electron chi connectivity index (χ4n) is 9.37. The first-order chi connectivity index (χ1) is 30.5. The van der Waals surface area contributed by atoms with Gasteiger partial charge in [-0.15, -0.1) is 0 Å². The van der Waals surface area contributed by atoms with E-state index in [2.05, 4.69) is 221 Å². The van der Waals surface area contributed by atoms with Gasteiger partial charge in [0.2, 0.25) is 0 Å². The highest BCUT2D eigenvalue weighted by Gasteiger charge is 2.31. The summed E-state index contributed by atoms with van der Waals surface area (Å²) in [5.74, 6) is 2.84. The van der Waals surface area contributed by atoms with Crippen molar-refractivity contribution < 1.29 is 0 Å². The number of rotatable bonds is 5. The number of hydrogen-bond donors (Lipinski definition) is 0. The molecular weight excluding hydrogens is 795 g/mol. The van der Waals surface area contributed by atoms with Crippen LogP contribution in [0, 0.1) is 13.8 Å². The molecule has 332 valence electrons. The Morgan fingerprint density at radius 3 is 1.74 bits per heavy atom. The summed E-state index contributed by atoms with van der Waals surface area (Å²) in [5, 5.41) is 2.33. The molecule has 0 saturated heterocycles. The second kappa shape index (κ2) is 15.4. The summed E-state index contributed by atoms with van der Waals surface area (Å²) in [4.78, 5) is 26.3. The van der Waals surface area contributed by atoms with Crippen molar-refractivity contribution in [2.75, 3.05) is 23.5 Å². The highest BCUT2D eigenvalue weighted by molar-refractivity contribution is 6.10. The van der Waals surface area contributed by atoms with E-state index in [9.17, 15) is 0 Å². The fraction of sp³-hybridized carbons (Fsp3) is 0.345. The van der Waals surface area contributed by atoms with Gasteiger partial charge in [0.15, 0.2) is 17.5 Å². The Kier molecular flexibility index (Phi) is 10.4. The first-order valence-electron chi connectivity index (χ1n) is 23.1. The quantitative estimate of drug-likeness (QED) is 0.172. The number of aryl methyl sites for hydroxylation is 2. The third-order valence-electron chi connectivity index (χ3n) is 13.3. The van der Waals surface area contributed by atoms with Crippen LogP contribution in [0.25, 0.3) is 61.8 Å². The van der Waals surface area contributed by atoms with Gasteiger partial charge in [-0.25, -0.2) is 19.9 Å². The molecule has 0 aliphatic carbocycles. The van der Waals surface area contributed by atoms with Gasteiger partial charge in [0.1, 0.15) is 5.82 Å². The van der Waals surface area contributed by atoms with Crippen LogP contribution < -0.4 is 9.80 Å². The minimum atomic E-state index is -0.178. The van der Waals surface area contributed by atoms with E-state index in [0.29, 0.717) is 17.5 Å². The lowest BCUT2D eigenvalue weighted by molar-refractivity contribution is 0.570. The normalized spacial score (nSPS) is 13.6. The van der Waals surface area contributed by atoms with Crippen molar-refractivity contribution in [2.24, 2.45) is 0 Å². The smallest absolute Gasteiger partial charge is 0.164 e. The molecule has 7 heteroatoms. The van der Waals surface area contributed by atoms with Crippen molar-refractivity contribution in [1.29, 1.82) is 0 Å². The molecule has 1 aliphatic rings. The molecule has 0 bridgehead atoms. The second-order valence-electron chi connectivity index (χ2n) is 22.5. The van der Waals surface area contributed by atoms with Crippen LogP contribution in [0.3, 0.4) is 0 Å². The van der Waals surface area contributed by atoms with Gasteiger partial charge in [0.25, 0.3) is 0 Å². The number of benzene rings is 5. The zero-order valence-electron chi connectivity index (χ0n) is 41.2. The van der Waals surface area contributed by atoms with Crippen molar-refractivity contribution in [3.8, 4) is 40.0 Å². The molecule has 8 aromatic rings. The van der Waals surface area contributed by atoms with Gasteiger partial charge in [0, 0.05) is 46.4 Å². The maximum atomic E-state index is 5.55. The predicted octanol–water partition coefficient (Wildman–Crippen LogP) is 14.7. The average molecular weight is 860 g/mol. The lowest BCUT2D eigenvalue weighted by atomic mass is 9.76. The first-order valence-corrected chi connectivity index (χ1v) is 23.1. The summed E-state index contributed by atoms with van der Waals surface area (Å²) in [6.07, 6.45) is 1.94. The second-order valence-corrected chi connectivity index (χ2v) is 22.5. The van der Waals surface area contributed by atoms with Crippen LogP contribution >= 0.6 is 0 Å². The Bertz CT molecular complexity index is 3130. The Morgan fingerprint density at radius 2 is 1.09 bits per heavy atom. The zero-order valence-corrected chi connectivity index (χ0v) is 41.2. The average Bonchev–Trinajstić information content (AvgIpc) is 3.75. The molecule has 1 aliphatic heterocycles. The van der Waals surface area contributed by atoms with Gasteiger partial charge in [-0.3, -0.25) is 4.57 Å². The van der Waals surface area contributed by atoms with E-state index in [-0.39, 0.29) is 21.7 Å². The maximum absolute atomic E-state index is 5.55. The van der Waals surface area contributed by atoms with Crippen LogP contribution in [-0.2, 0) is 21.7 Å². The molecule has 0 fully saturated rings. The number of hydrogen-bond acceptors (Lipinski definition) is 6. The maximum Gasteiger partial charge on any atom is 0.164 e. The van der Waals surface area contributed by atoms with Crippen LogP contribution in [0.4, 0.5) is 17.1 Å². The molecule has 0 saturated carbocycles. The van der Waals surface area contributed by atoms with Crippen molar-refractivity contribution in [1.82, 2.24) is 24.5 Å². The summed E-state index contributed by atoms with van der Waals surface area (Å²) in [6, 6.07) is 37.9. The third kappa shape index (κ3) is 7.98. The summed E-state index contributed by atoms with van der Waals surface area (Å²) in [6.45, 7) is 32.4. The standard InChI is InChI=1S/C58H65N7/c1-35-27-48-49(28-36(35)2)64(34-63(48)15)41-30-38(29-40(32-41)56(6,7)8)53-60-52(61-54(62-53)51-44(57(9,10)11)20-18-21-45(51)58(12,13)14)37-23-24-43-42-19-16-17-22-46(42)65(47(43)31-37)50-33-39(25-26-59-50)55(3,4)5/h16-33H,34H2,1-15H3. The zero-order chi connectivity index (χ0) is 46.5. The van der Waals surface area contributed by atoms with E-state index in [1.54, 1.807) is 0 Å². The Labute approximate surface area is 386 Å². The van der Waals surface area contributed by atoms with Gasteiger partial charge >= 0.3 is 0 Å². The van der Waals surface area contributed by atoms with Crippen molar-refractivity contribution in [2.45, 2.75) is 119 Å². The van der Waals surface area contributed by atoms with E-state index in [1.165, 1.54) is 50.1 Å². The van der Waals surface area contributed by atoms with Crippen molar-refractivity contribution in [3.63, 3.8) is 0 Å². The van der Waals surface area contributed by atoms with Gasteiger partial charge in [-0.1, -0.05) is 132 Å². The van der Waals surface area contributed by atoms with Crippen LogP contribution in [0.1, 0.15) is 116 Å². The lowest BCUT2D eigenvalue weighted by Gasteiger charge is -2.29. The molecule has 4 heterocycles. The Balaban J connectivity index is 1.33. The van der Waals surface area contributed by atoms with Crippen LogP contribution in [0.15, 0.2) is 109 Å². The summed E-state index contributed by atoms with van der Waals surface area (Å²) in [5.41, 5.74) is 15.6. The fourth-order valence-corrected chi connectivity index (χ4v) is 9.37. The van der Waals surface area contributed by atoms with E-state index < -0.39 is 0 Å². The van der Waals surface area contributed by atoms with Crippen LogP contribution in [0.5, 0.6) is 0 Å². The molecule has 0 atom stereocenters. The number of nitrogens with zero attached hydrogens (tertiary/aromatic N) is 7. The van der Waals surface area contributed by atoms with Crippen molar-refractivity contribution in [3.05, 3.63) is 143 Å². The Morgan fingerprint density at radius 1 is 0.492 bits per heavy atom. The number of fused-ring (bicyclic) bond motifs is 4. The largest absolute Gasteiger partial charge is 0.355 e. The highest BCUT2D eigenvalue weighted by Crippen LogP contribution is 2.45.